The third-order valence-electron chi connectivity index (χ3n) is 1.70. The average Bonchev–Trinajstić information content (AvgIpc) is 2.71. The second-order valence-electron chi connectivity index (χ2n) is 2.67. The van der Waals surface area contributed by atoms with Crippen molar-refractivity contribution in [1.29, 1.82) is 0 Å². The van der Waals surface area contributed by atoms with Crippen molar-refractivity contribution in [2.45, 2.75) is 0 Å². The fourth-order valence-corrected chi connectivity index (χ4v) is 1.28. The van der Waals surface area contributed by atoms with Crippen LogP contribution in [0, 0.1) is 0 Å². The van der Waals surface area contributed by atoms with Crippen LogP contribution in [0.1, 0.15) is 16.2 Å². The summed E-state index contributed by atoms with van der Waals surface area (Å²) in [5, 5.41) is 0. The molecule has 0 saturated carbocycles. The van der Waals surface area contributed by atoms with E-state index in [1.54, 1.807) is 30.5 Å². The Balaban J connectivity index is 2.33. The average molecular weight is 252 g/mol. The number of nitrogens with zero attached hydrogens (tertiary/aromatic N) is 1. The van der Waals surface area contributed by atoms with Crippen LogP contribution in [0.2, 0.25) is 0 Å². The number of rotatable bonds is 2. The molecule has 3 nitrogen and oxygen atoms in total. The van der Waals surface area contributed by atoms with Crippen LogP contribution in [0.3, 0.4) is 0 Å². The Morgan fingerprint density at radius 3 is 2.79 bits per heavy atom. The van der Waals surface area contributed by atoms with Gasteiger partial charge in [0.2, 0.25) is 5.78 Å². The molecule has 0 bridgehead atoms. The van der Waals surface area contributed by atoms with Gasteiger partial charge in [0.15, 0.2) is 5.76 Å². The molecule has 0 aromatic carbocycles. The highest BCUT2D eigenvalue weighted by Gasteiger charge is 2.12. The van der Waals surface area contributed by atoms with Crippen LogP contribution in [-0.4, -0.2) is 10.8 Å². The van der Waals surface area contributed by atoms with Gasteiger partial charge < -0.3 is 4.42 Å². The minimum absolute atomic E-state index is 0.206. The number of aromatic nitrogens is 1. The molecule has 0 aliphatic rings. The SMILES string of the molecule is O=C(c1ccc(Br)cn1)c1ccco1. The van der Waals surface area contributed by atoms with Gasteiger partial charge in [-0.3, -0.25) is 9.78 Å². The van der Waals surface area contributed by atoms with Crippen LogP contribution in [0.4, 0.5) is 0 Å². The van der Waals surface area contributed by atoms with Gasteiger partial charge in [-0.1, -0.05) is 0 Å². The molecular weight excluding hydrogens is 246 g/mol. The van der Waals surface area contributed by atoms with Crippen molar-refractivity contribution in [2.24, 2.45) is 0 Å². The Labute approximate surface area is 88.9 Å². The summed E-state index contributed by atoms with van der Waals surface area (Å²) in [7, 11) is 0. The van der Waals surface area contributed by atoms with Gasteiger partial charge in [-0.15, -0.1) is 0 Å². The van der Waals surface area contributed by atoms with Gasteiger partial charge in [0.05, 0.1) is 6.26 Å². The number of hydrogen-bond donors (Lipinski definition) is 0. The largest absolute Gasteiger partial charge is 0.461 e. The smallest absolute Gasteiger partial charge is 0.246 e. The Kier molecular flexibility index (Phi) is 2.45. The molecule has 0 amide bonds. The van der Waals surface area contributed by atoms with E-state index in [0.717, 1.165) is 4.47 Å². The molecule has 2 aromatic rings. The molecule has 0 N–H and O–H groups in total. The van der Waals surface area contributed by atoms with Gasteiger partial charge in [-0.25, -0.2) is 0 Å². The number of carbonyl (C=O) groups excluding carboxylic acids is 1. The number of hydrogen-bond acceptors (Lipinski definition) is 3. The first kappa shape index (κ1) is 9.15. The summed E-state index contributed by atoms with van der Waals surface area (Å²) in [6.45, 7) is 0. The molecule has 0 spiro atoms. The Morgan fingerprint density at radius 2 is 2.21 bits per heavy atom. The number of furan rings is 1. The molecule has 0 saturated heterocycles. The standard InChI is InChI=1S/C10H6BrNO2/c11-7-3-4-8(12-6-7)10(13)9-2-1-5-14-9/h1-6H. The molecule has 2 rings (SSSR count). The lowest BCUT2D eigenvalue weighted by Gasteiger charge is -1.95. The third kappa shape index (κ3) is 1.75. The number of carbonyl (C=O) groups is 1. The van der Waals surface area contributed by atoms with Crippen LogP contribution in [-0.2, 0) is 0 Å². The molecule has 4 heteroatoms. The molecule has 0 aliphatic carbocycles. The van der Waals surface area contributed by atoms with E-state index in [1.807, 2.05) is 0 Å². The van der Waals surface area contributed by atoms with Crippen molar-refractivity contribution in [2.75, 3.05) is 0 Å². The maximum Gasteiger partial charge on any atom is 0.246 e. The van der Waals surface area contributed by atoms with Gasteiger partial charge in [-0.05, 0) is 40.2 Å². The Hall–Kier alpha value is -1.42. The normalized spacial score (nSPS) is 10.1. The van der Waals surface area contributed by atoms with Crippen molar-refractivity contribution < 1.29 is 9.21 Å². The van der Waals surface area contributed by atoms with E-state index in [-0.39, 0.29) is 5.78 Å². The minimum atomic E-state index is -0.206. The van der Waals surface area contributed by atoms with E-state index < -0.39 is 0 Å². The second-order valence-corrected chi connectivity index (χ2v) is 3.58. The minimum Gasteiger partial charge on any atom is -0.461 e. The fourth-order valence-electron chi connectivity index (χ4n) is 1.04. The molecule has 2 aromatic heterocycles. The molecular formula is C10H6BrNO2. The summed E-state index contributed by atoms with van der Waals surface area (Å²) in [6.07, 6.45) is 3.04. The van der Waals surface area contributed by atoms with Gasteiger partial charge in [-0.2, -0.15) is 0 Å². The molecule has 0 radical (unpaired) electrons. The fraction of sp³-hybridized carbons (Fsp3) is 0. The van der Waals surface area contributed by atoms with Crippen LogP contribution in [0.5, 0.6) is 0 Å². The highest BCUT2D eigenvalue weighted by Crippen LogP contribution is 2.11. The summed E-state index contributed by atoms with van der Waals surface area (Å²) < 4.78 is 5.82. The maximum absolute atomic E-state index is 11.6. The topological polar surface area (TPSA) is 43.1 Å². The van der Waals surface area contributed by atoms with Crippen molar-refractivity contribution >= 4 is 21.7 Å². The summed E-state index contributed by atoms with van der Waals surface area (Å²) in [5.74, 6) is 0.0994. The highest BCUT2D eigenvalue weighted by atomic mass is 79.9. The van der Waals surface area contributed by atoms with Gasteiger partial charge in [0.25, 0.3) is 0 Å². The van der Waals surface area contributed by atoms with E-state index in [4.69, 9.17) is 4.42 Å². The third-order valence-corrected chi connectivity index (χ3v) is 2.17. The molecule has 14 heavy (non-hydrogen) atoms. The molecule has 0 fully saturated rings. The molecule has 70 valence electrons. The lowest BCUT2D eigenvalue weighted by Crippen LogP contribution is -2.01. The molecule has 0 unspecified atom stereocenters. The van der Waals surface area contributed by atoms with Crippen LogP contribution < -0.4 is 0 Å². The van der Waals surface area contributed by atoms with Gasteiger partial charge in [0.1, 0.15) is 5.69 Å². The van der Waals surface area contributed by atoms with E-state index in [9.17, 15) is 4.79 Å². The maximum atomic E-state index is 11.6. The zero-order valence-electron chi connectivity index (χ0n) is 7.11. The van der Waals surface area contributed by atoms with Crippen molar-refractivity contribution in [3.05, 3.63) is 52.7 Å². The van der Waals surface area contributed by atoms with Gasteiger partial charge >= 0.3 is 0 Å². The predicted molar refractivity (Wildman–Crippen MR) is 54.1 cm³/mol. The quantitative estimate of drug-likeness (QED) is 0.771. The van der Waals surface area contributed by atoms with E-state index in [1.165, 1.54) is 6.26 Å². The van der Waals surface area contributed by atoms with Crippen molar-refractivity contribution in [3.8, 4) is 0 Å². The van der Waals surface area contributed by atoms with Crippen molar-refractivity contribution in [3.63, 3.8) is 0 Å². The summed E-state index contributed by atoms with van der Waals surface area (Å²) in [4.78, 5) is 15.6. The summed E-state index contributed by atoms with van der Waals surface area (Å²) in [5.41, 5.74) is 0.378. The summed E-state index contributed by atoms with van der Waals surface area (Å²) >= 11 is 3.25. The Bertz CT molecular complexity index is 434. The zero-order chi connectivity index (χ0) is 9.97. The highest BCUT2D eigenvalue weighted by molar-refractivity contribution is 9.10. The molecule has 0 aliphatic heterocycles. The lowest BCUT2D eigenvalue weighted by atomic mass is 10.2. The Morgan fingerprint density at radius 1 is 1.36 bits per heavy atom. The van der Waals surface area contributed by atoms with E-state index >= 15 is 0 Å². The number of pyridine rings is 1. The molecule has 0 atom stereocenters. The number of halogens is 1. The van der Waals surface area contributed by atoms with Gasteiger partial charge in [0, 0.05) is 10.7 Å². The monoisotopic (exact) mass is 251 g/mol. The van der Waals surface area contributed by atoms with Crippen molar-refractivity contribution in [1.82, 2.24) is 4.98 Å². The summed E-state index contributed by atoms with van der Waals surface area (Å²) in [6, 6.07) is 6.70. The van der Waals surface area contributed by atoms with Crippen LogP contribution in [0.25, 0.3) is 0 Å². The lowest BCUT2D eigenvalue weighted by molar-refractivity contribution is 0.100. The number of ketones is 1. The van der Waals surface area contributed by atoms with E-state index in [0.29, 0.717) is 11.5 Å². The van der Waals surface area contributed by atoms with Crippen LogP contribution in [0.15, 0.2) is 45.6 Å². The first-order valence-corrected chi connectivity index (χ1v) is 4.76. The first-order chi connectivity index (χ1) is 6.77. The predicted octanol–water partition coefficient (Wildman–Crippen LogP) is 2.67. The zero-order valence-corrected chi connectivity index (χ0v) is 8.69. The molecule has 2 heterocycles. The van der Waals surface area contributed by atoms with E-state index in [2.05, 4.69) is 20.9 Å². The van der Waals surface area contributed by atoms with Crippen LogP contribution >= 0.6 is 15.9 Å². The first-order valence-electron chi connectivity index (χ1n) is 3.97. The second kappa shape index (κ2) is 3.75.